The average molecular weight is 326 g/mol. The van der Waals surface area contributed by atoms with Crippen LogP contribution in [0, 0.1) is 5.92 Å². The number of alkyl halides is 3. The van der Waals surface area contributed by atoms with Crippen molar-refractivity contribution in [3.8, 4) is 0 Å². The van der Waals surface area contributed by atoms with Crippen molar-refractivity contribution in [3.63, 3.8) is 0 Å². The highest BCUT2D eigenvalue weighted by molar-refractivity contribution is 6.68. The van der Waals surface area contributed by atoms with Gasteiger partial charge in [-0.05, 0) is 33.4 Å². The lowest BCUT2D eigenvalue weighted by molar-refractivity contribution is 0.505. The second-order valence-electron chi connectivity index (χ2n) is 5.61. The van der Waals surface area contributed by atoms with Gasteiger partial charge in [-0.15, -0.1) is 0 Å². The quantitative estimate of drug-likeness (QED) is 0.476. The Morgan fingerprint density at radius 3 is 2.35 bits per heavy atom. The molecule has 0 nitrogen and oxygen atoms in total. The SMILES string of the molecule is CC(C)C(c1ccc2cccc3c2c1C=C3)C(Cl)(Cl)Cl. The molecule has 2 aromatic carbocycles. The number of hydrogen-bond acceptors (Lipinski definition) is 0. The Kier molecular flexibility index (Phi) is 3.52. The number of hydrogen-bond donors (Lipinski definition) is 0. The molecule has 3 heteroatoms. The van der Waals surface area contributed by atoms with E-state index in [9.17, 15) is 0 Å². The van der Waals surface area contributed by atoms with Gasteiger partial charge in [-0.3, -0.25) is 0 Å². The van der Waals surface area contributed by atoms with E-state index in [1.54, 1.807) is 0 Å². The third-order valence-electron chi connectivity index (χ3n) is 3.94. The minimum atomic E-state index is -1.30. The predicted octanol–water partition coefficient (Wildman–Crippen LogP) is 6.43. The zero-order valence-electron chi connectivity index (χ0n) is 11.3. The minimum Gasteiger partial charge on any atom is -0.0830 e. The summed E-state index contributed by atoms with van der Waals surface area (Å²) in [5, 5.41) is 2.50. The molecule has 1 aliphatic rings. The van der Waals surface area contributed by atoms with Crippen molar-refractivity contribution >= 4 is 57.7 Å². The van der Waals surface area contributed by atoms with Crippen molar-refractivity contribution in [1.29, 1.82) is 0 Å². The van der Waals surface area contributed by atoms with Gasteiger partial charge < -0.3 is 0 Å². The van der Waals surface area contributed by atoms with E-state index in [0.29, 0.717) is 0 Å². The summed E-state index contributed by atoms with van der Waals surface area (Å²) in [5.74, 6) is 0.125. The number of halogens is 3. The molecule has 2 aromatic rings. The first-order valence-electron chi connectivity index (χ1n) is 6.70. The lowest BCUT2D eigenvalue weighted by atomic mass is 9.85. The summed E-state index contributed by atoms with van der Waals surface area (Å²) in [6, 6.07) is 10.5. The van der Waals surface area contributed by atoms with E-state index in [1.807, 2.05) is 0 Å². The molecule has 0 spiro atoms. The summed E-state index contributed by atoms with van der Waals surface area (Å²) >= 11 is 18.7. The van der Waals surface area contributed by atoms with Gasteiger partial charge >= 0.3 is 0 Å². The van der Waals surface area contributed by atoms with Gasteiger partial charge in [-0.2, -0.15) is 0 Å². The first-order chi connectivity index (χ1) is 9.39. The van der Waals surface area contributed by atoms with Crippen LogP contribution in [-0.2, 0) is 0 Å². The number of rotatable bonds is 2. The molecule has 0 aromatic heterocycles. The molecule has 0 bridgehead atoms. The van der Waals surface area contributed by atoms with Gasteiger partial charge in [0.1, 0.15) is 0 Å². The van der Waals surface area contributed by atoms with E-state index < -0.39 is 3.79 Å². The molecule has 1 aliphatic carbocycles. The van der Waals surface area contributed by atoms with Crippen LogP contribution >= 0.6 is 34.8 Å². The molecule has 3 rings (SSSR count). The van der Waals surface area contributed by atoms with Crippen LogP contribution in [0.2, 0.25) is 0 Å². The van der Waals surface area contributed by atoms with Crippen LogP contribution in [0.3, 0.4) is 0 Å². The molecule has 1 atom stereocenters. The van der Waals surface area contributed by atoms with Crippen LogP contribution in [0.15, 0.2) is 30.3 Å². The van der Waals surface area contributed by atoms with E-state index >= 15 is 0 Å². The van der Waals surface area contributed by atoms with Gasteiger partial charge in [0, 0.05) is 5.92 Å². The Balaban J connectivity index is 2.27. The van der Waals surface area contributed by atoms with Crippen LogP contribution in [0.5, 0.6) is 0 Å². The zero-order valence-corrected chi connectivity index (χ0v) is 13.6. The van der Waals surface area contributed by atoms with Gasteiger partial charge in [-0.25, -0.2) is 0 Å². The summed E-state index contributed by atoms with van der Waals surface area (Å²) in [5.41, 5.74) is 3.56. The zero-order chi connectivity index (χ0) is 14.5. The fourth-order valence-electron chi connectivity index (χ4n) is 3.13. The van der Waals surface area contributed by atoms with Gasteiger partial charge in [0.05, 0.1) is 0 Å². The molecule has 0 aliphatic heterocycles. The average Bonchev–Trinajstić information content (AvgIpc) is 2.76. The van der Waals surface area contributed by atoms with E-state index in [1.165, 1.54) is 21.9 Å². The summed E-state index contributed by atoms with van der Waals surface area (Å²) in [6.07, 6.45) is 4.27. The molecule has 0 N–H and O–H groups in total. The molecular formula is C17H15Cl3. The Morgan fingerprint density at radius 2 is 1.70 bits per heavy atom. The first-order valence-corrected chi connectivity index (χ1v) is 7.83. The van der Waals surface area contributed by atoms with Crippen LogP contribution < -0.4 is 0 Å². The second kappa shape index (κ2) is 4.94. The lowest BCUT2D eigenvalue weighted by Gasteiger charge is -2.30. The first kappa shape index (κ1) is 14.3. The Bertz CT molecular complexity index is 693. The van der Waals surface area contributed by atoms with Gasteiger partial charge in [0.15, 0.2) is 3.79 Å². The Hall–Kier alpha value is -0.690. The molecule has 0 radical (unpaired) electrons. The highest BCUT2D eigenvalue weighted by Crippen LogP contribution is 2.49. The van der Waals surface area contributed by atoms with Crippen molar-refractivity contribution in [3.05, 3.63) is 47.0 Å². The fourth-order valence-corrected chi connectivity index (χ4v) is 4.24. The summed E-state index contributed by atoms with van der Waals surface area (Å²) in [4.78, 5) is 0. The monoisotopic (exact) mass is 324 g/mol. The van der Waals surface area contributed by atoms with Crippen molar-refractivity contribution in [2.75, 3.05) is 0 Å². The molecule has 20 heavy (non-hydrogen) atoms. The maximum absolute atomic E-state index is 6.23. The van der Waals surface area contributed by atoms with Crippen molar-refractivity contribution < 1.29 is 0 Å². The van der Waals surface area contributed by atoms with E-state index in [2.05, 4.69) is 56.3 Å². The van der Waals surface area contributed by atoms with Crippen LogP contribution in [0.4, 0.5) is 0 Å². The van der Waals surface area contributed by atoms with E-state index in [-0.39, 0.29) is 11.8 Å². The molecule has 0 heterocycles. The second-order valence-corrected chi connectivity index (χ2v) is 7.98. The van der Waals surface area contributed by atoms with Crippen molar-refractivity contribution in [2.45, 2.75) is 23.6 Å². The highest BCUT2D eigenvalue weighted by atomic mass is 35.6. The van der Waals surface area contributed by atoms with E-state index in [4.69, 9.17) is 34.8 Å². The third-order valence-corrected chi connectivity index (χ3v) is 4.64. The normalized spacial score (nSPS) is 15.3. The van der Waals surface area contributed by atoms with Crippen molar-refractivity contribution in [2.24, 2.45) is 5.92 Å². The molecule has 0 fully saturated rings. The van der Waals surface area contributed by atoms with E-state index in [0.717, 1.165) is 5.56 Å². The van der Waals surface area contributed by atoms with Crippen LogP contribution in [0.1, 0.15) is 36.5 Å². The fraction of sp³-hybridized carbons (Fsp3) is 0.294. The molecule has 0 amide bonds. The largest absolute Gasteiger partial charge is 0.197 e. The van der Waals surface area contributed by atoms with Gasteiger partial charge in [-0.1, -0.05) is 91.1 Å². The smallest absolute Gasteiger partial charge is 0.0830 e. The summed E-state index contributed by atoms with van der Waals surface area (Å²) < 4.78 is -1.30. The predicted molar refractivity (Wildman–Crippen MR) is 90.7 cm³/mol. The van der Waals surface area contributed by atoms with Crippen LogP contribution in [0.25, 0.3) is 22.9 Å². The Morgan fingerprint density at radius 1 is 0.950 bits per heavy atom. The summed E-state index contributed by atoms with van der Waals surface area (Å²) in [7, 11) is 0. The topological polar surface area (TPSA) is 0 Å². The van der Waals surface area contributed by atoms with Crippen LogP contribution in [-0.4, -0.2) is 3.79 Å². The number of benzene rings is 2. The lowest BCUT2D eigenvalue weighted by Crippen LogP contribution is -2.23. The summed E-state index contributed by atoms with van der Waals surface area (Å²) in [6.45, 7) is 4.18. The highest BCUT2D eigenvalue weighted by Gasteiger charge is 2.37. The minimum absolute atomic E-state index is 0.122. The molecule has 0 saturated carbocycles. The molecule has 1 unspecified atom stereocenters. The standard InChI is InChI=1S/C17H15Cl3/c1-10(2)16(17(18,19)20)14-9-7-12-5-3-4-11-6-8-13(14)15(11)12/h3-10,16H,1-2H3. The molecule has 104 valence electrons. The Labute approximate surface area is 134 Å². The maximum atomic E-state index is 6.23. The van der Waals surface area contributed by atoms with Crippen molar-refractivity contribution in [1.82, 2.24) is 0 Å². The van der Waals surface area contributed by atoms with Gasteiger partial charge in [0.25, 0.3) is 0 Å². The third kappa shape index (κ3) is 2.24. The van der Waals surface area contributed by atoms with Gasteiger partial charge in [0.2, 0.25) is 0 Å². The molecule has 0 saturated heterocycles. The maximum Gasteiger partial charge on any atom is 0.197 e. The molecular weight excluding hydrogens is 311 g/mol.